The van der Waals surface area contributed by atoms with Gasteiger partial charge in [-0.15, -0.1) is 11.3 Å². The molecule has 0 aromatic carbocycles. The van der Waals surface area contributed by atoms with E-state index in [1.165, 1.54) is 11.3 Å². The summed E-state index contributed by atoms with van der Waals surface area (Å²) >= 11 is 1.26. The lowest BCUT2D eigenvalue weighted by atomic mass is 10.3. The molecule has 76 valence electrons. The van der Waals surface area contributed by atoms with Gasteiger partial charge in [0, 0.05) is 13.0 Å². The summed E-state index contributed by atoms with van der Waals surface area (Å²) < 4.78 is 0. The lowest BCUT2D eigenvalue weighted by Gasteiger charge is -2.01. The third-order valence-electron chi connectivity index (χ3n) is 1.56. The lowest BCUT2D eigenvalue weighted by molar-refractivity contribution is -0.117. The summed E-state index contributed by atoms with van der Waals surface area (Å²) in [6, 6.07) is 1.66. The fraction of sp³-hybridized carbons (Fsp3) is 0.250. The molecule has 0 aliphatic rings. The molecule has 6 heteroatoms. The molecule has 1 rings (SSSR count). The van der Waals surface area contributed by atoms with Gasteiger partial charge in [0.15, 0.2) is 0 Å². The van der Waals surface area contributed by atoms with Gasteiger partial charge in [-0.2, -0.15) is 0 Å². The second-order valence-electron chi connectivity index (χ2n) is 2.68. The fourth-order valence-electron chi connectivity index (χ4n) is 0.883. The molecule has 0 fully saturated rings. The summed E-state index contributed by atoms with van der Waals surface area (Å²) in [4.78, 5) is 22.2. The molecule has 0 aliphatic heterocycles. The van der Waals surface area contributed by atoms with E-state index in [1.807, 2.05) is 0 Å². The zero-order chi connectivity index (χ0) is 10.6. The number of nitrogen functional groups attached to an aromatic ring is 1. The molecule has 2 amide bonds. The predicted octanol–water partition coefficient (Wildman–Crippen LogP) is -0.0645. The summed E-state index contributed by atoms with van der Waals surface area (Å²) in [5.74, 6) is -0.705. The minimum atomic E-state index is -0.440. The fourth-order valence-corrected chi connectivity index (χ4v) is 1.62. The number of nitrogens with two attached hydrogens (primary N) is 2. The van der Waals surface area contributed by atoms with Gasteiger partial charge >= 0.3 is 0 Å². The van der Waals surface area contributed by atoms with Crippen molar-refractivity contribution in [3.05, 3.63) is 16.3 Å². The Bertz CT molecular complexity index is 348. The van der Waals surface area contributed by atoms with Crippen molar-refractivity contribution >= 4 is 28.8 Å². The van der Waals surface area contributed by atoms with Gasteiger partial charge in [0.1, 0.15) is 4.88 Å². The highest BCUT2D eigenvalue weighted by molar-refractivity contribution is 7.12. The number of hydrogen-bond donors (Lipinski definition) is 3. The second kappa shape index (κ2) is 4.61. The monoisotopic (exact) mass is 213 g/mol. The topological polar surface area (TPSA) is 98.2 Å². The molecule has 0 radical (unpaired) electrons. The summed E-state index contributed by atoms with van der Waals surface area (Å²) in [5, 5.41) is 4.28. The first-order chi connectivity index (χ1) is 6.61. The molecule has 1 heterocycles. The second-order valence-corrected chi connectivity index (χ2v) is 3.59. The van der Waals surface area contributed by atoms with Crippen molar-refractivity contribution in [1.82, 2.24) is 5.32 Å². The third kappa shape index (κ3) is 2.74. The number of hydrogen-bond acceptors (Lipinski definition) is 4. The zero-order valence-corrected chi connectivity index (χ0v) is 8.26. The van der Waals surface area contributed by atoms with Crippen molar-refractivity contribution < 1.29 is 9.59 Å². The average molecular weight is 213 g/mol. The molecule has 0 aliphatic carbocycles. The SMILES string of the molecule is NC(=O)CCNC(=O)c1sccc1N. The first kappa shape index (κ1) is 10.5. The third-order valence-corrected chi connectivity index (χ3v) is 2.49. The van der Waals surface area contributed by atoms with Gasteiger partial charge in [-0.25, -0.2) is 0 Å². The molecule has 1 aromatic heterocycles. The van der Waals surface area contributed by atoms with Gasteiger partial charge in [-0.05, 0) is 11.4 Å². The van der Waals surface area contributed by atoms with Crippen LogP contribution in [0.1, 0.15) is 16.1 Å². The van der Waals surface area contributed by atoms with E-state index >= 15 is 0 Å². The average Bonchev–Trinajstić information content (AvgIpc) is 2.50. The van der Waals surface area contributed by atoms with Gasteiger partial charge < -0.3 is 16.8 Å². The Hall–Kier alpha value is -1.56. The van der Waals surface area contributed by atoms with Crippen LogP contribution in [0.4, 0.5) is 5.69 Å². The molecule has 5 N–H and O–H groups in total. The summed E-state index contributed by atoms with van der Waals surface area (Å²) in [7, 11) is 0. The van der Waals surface area contributed by atoms with Crippen molar-refractivity contribution in [2.45, 2.75) is 6.42 Å². The number of nitrogens with one attached hydrogen (secondary N) is 1. The molecule has 0 spiro atoms. The predicted molar refractivity (Wildman–Crippen MR) is 54.9 cm³/mol. The number of amides is 2. The van der Waals surface area contributed by atoms with Crippen LogP contribution in [0.2, 0.25) is 0 Å². The lowest BCUT2D eigenvalue weighted by Crippen LogP contribution is -2.27. The molecular formula is C8H11N3O2S. The van der Waals surface area contributed by atoms with E-state index in [0.717, 1.165) is 0 Å². The smallest absolute Gasteiger partial charge is 0.263 e. The molecule has 14 heavy (non-hydrogen) atoms. The number of thiophene rings is 1. The minimum absolute atomic E-state index is 0.136. The number of primary amides is 1. The highest BCUT2D eigenvalue weighted by atomic mass is 32.1. The number of carbonyl (C=O) groups excluding carboxylic acids is 2. The van der Waals surface area contributed by atoms with Crippen molar-refractivity contribution in [1.29, 1.82) is 0 Å². The van der Waals surface area contributed by atoms with Crippen molar-refractivity contribution in [3.8, 4) is 0 Å². The largest absolute Gasteiger partial charge is 0.397 e. The van der Waals surface area contributed by atoms with Crippen LogP contribution >= 0.6 is 11.3 Å². The van der Waals surface area contributed by atoms with Gasteiger partial charge in [0.25, 0.3) is 5.91 Å². The van der Waals surface area contributed by atoms with Crippen LogP contribution in [-0.4, -0.2) is 18.4 Å². The van der Waals surface area contributed by atoms with Crippen molar-refractivity contribution in [2.24, 2.45) is 5.73 Å². The van der Waals surface area contributed by atoms with Crippen LogP contribution < -0.4 is 16.8 Å². The number of anilines is 1. The Balaban J connectivity index is 2.44. The van der Waals surface area contributed by atoms with E-state index < -0.39 is 5.91 Å². The minimum Gasteiger partial charge on any atom is -0.397 e. The van der Waals surface area contributed by atoms with Gasteiger partial charge in [0.05, 0.1) is 5.69 Å². The molecule has 0 saturated heterocycles. The summed E-state index contributed by atoms with van der Waals surface area (Å²) in [6.07, 6.45) is 0.136. The molecular weight excluding hydrogens is 202 g/mol. The first-order valence-corrected chi connectivity index (χ1v) is 4.88. The standard InChI is InChI=1S/C8H11N3O2S/c9-5-2-4-14-7(5)8(13)11-3-1-6(10)12/h2,4H,1,3,9H2,(H2,10,12)(H,11,13). The van der Waals surface area contributed by atoms with E-state index in [2.05, 4.69) is 5.32 Å². The maximum absolute atomic E-state index is 11.4. The number of carbonyl (C=O) groups is 2. The molecule has 0 bridgehead atoms. The Morgan fingerprint density at radius 3 is 2.71 bits per heavy atom. The Morgan fingerprint density at radius 2 is 2.21 bits per heavy atom. The quantitative estimate of drug-likeness (QED) is 0.653. The van der Waals surface area contributed by atoms with Crippen LogP contribution in [0.3, 0.4) is 0 Å². The van der Waals surface area contributed by atoms with Gasteiger partial charge in [0.2, 0.25) is 5.91 Å². The zero-order valence-electron chi connectivity index (χ0n) is 7.45. The Kier molecular flexibility index (Phi) is 3.47. The molecule has 5 nitrogen and oxygen atoms in total. The first-order valence-electron chi connectivity index (χ1n) is 4.00. The van der Waals surface area contributed by atoms with E-state index in [1.54, 1.807) is 11.4 Å². The van der Waals surface area contributed by atoms with Crippen molar-refractivity contribution in [2.75, 3.05) is 12.3 Å². The van der Waals surface area contributed by atoms with Crippen LogP contribution in [0.5, 0.6) is 0 Å². The molecule has 1 aromatic rings. The summed E-state index contributed by atoms with van der Waals surface area (Å²) in [5.41, 5.74) is 10.9. The van der Waals surface area contributed by atoms with E-state index in [-0.39, 0.29) is 18.9 Å². The van der Waals surface area contributed by atoms with E-state index in [0.29, 0.717) is 10.6 Å². The summed E-state index contributed by atoms with van der Waals surface area (Å²) in [6.45, 7) is 0.242. The van der Waals surface area contributed by atoms with Crippen LogP contribution in [0.25, 0.3) is 0 Å². The number of rotatable bonds is 4. The van der Waals surface area contributed by atoms with Crippen LogP contribution in [-0.2, 0) is 4.79 Å². The Labute approximate surface area is 85.1 Å². The Morgan fingerprint density at radius 1 is 1.50 bits per heavy atom. The highest BCUT2D eigenvalue weighted by Crippen LogP contribution is 2.17. The normalized spacial score (nSPS) is 9.71. The molecule has 0 atom stereocenters. The van der Waals surface area contributed by atoms with E-state index in [4.69, 9.17) is 11.5 Å². The van der Waals surface area contributed by atoms with Gasteiger partial charge in [-0.1, -0.05) is 0 Å². The highest BCUT2D eigenvalue weighted by Gasteiger charge is 2.10. The molecule has 0 saturated carbocycles. The van der Waals surface area contributed by atoms with Gasteiger partial charge in [-0.3, -0.25) is 9.59 Å². The van der Waals surface area contributed by atoms with E-state index in [9.17, 15) is 9.59 Å². The maximum atomic E-state index is 11.4. The molecule has 0 unspecified atom stereocenters. The van der Waals surface area contributed by atoms with Crippen LogP contribution in [0.15, 0.2) is 11.4 Å². The maximum Gasteiger partial charge on any atom is 0.263 e. The van der Waals surface area contributed by atoms with Crippen LogP contribution in [0, 0.1) is 0 Å². The van der Waals surface area contributed by atoms with Crippen molar-refractivity contribution in [3.63, 3.8) is 0 Å².